The summed E-state index contributed by atoms with van der Waals surface area (Å²) < 4.78 is 0. The van der Waals surface area contributed by atoms with Crippen LogP contribution in [-0.2, 0) is 6.42 Å². The van der Waals surface area contributed by atoms with E-state index in [4.69, 9.17) is 0 Å². The van der Waals surface area contributed by atoms with Crippen LogP contribution in [0, 0.1) is 6.92 Å². The number of benzene rings is 1. The molecule has 0 amide bonds. The molecule has 2 aromatic rings. The lowest BCUT2D eigenvalue weighted by atomic mass is 10.1. The van der Waals surface area contributed by atoms with Crippen LogP contribution in [0.5, 0.6) is 0 Å². The summed E-state index contributed by atoms with van der Waals surface area (Å²) in [7, 11) is 0. The zero-order valence-electron chi connectivity index (χ0n) is 10.1. The molecule has 84 valence electrons. The summed E-state index contributed by atoms with van der Waals surface area (Å²) in [5.41, 5.74) is 4.49. The summed E-state index contributed by atoms with van der Waals surface area (Å²) in [4.78, 5) is 14.8. The molecule has 0 saturated heterocycles. The molecule has 1 aliphatic carbocycles. The van der Waals surface area contributed by atoms with Gasteiger partial charge >= 0.3 is 0 Å². The second kappa shape index (κ2) is 4.12. The fraction of sp³-hybridized carbons (Fsp3) is 0.357. The van der Waals surface area contributed by atoms with Gasteiger partial charge in [0.25, 0.3) is 0 Å². The van der Waals surface area contributed by atoms with Crippen LogP contribution >= 0.6 is 0 Å². The van der Waals surface area contributed by atoms with E-state index in [1.165, 1.54) is 16.5 Å². The molecule has 0 aliphatic heterocycles. The molecule has 1 aromatic carbocycles. The minimum Gasteiger partial charge on any atom is -0.361 e. The van der Waals surface area contributed by atoms with Crippen LogP contribution in [0.25, 0.3) is 10.9 Å². The zero-order chi connectivity index (χ0) is 11.7. The molecule has 3 rings (SSSR count). The van der Waals surface area contributed by atoms with Crippen molar-refractivity contribution in [3.8, 4) is 0 Å². The van der Waals surface area contributed by atoms with Crippen molar-refractivity contribution < 1.29 is 4.79 Å². The van der Waals surface area contributed by atoms with E-state index in [0.717, 1.165) is 17.5 Å². The Morgan fingerprint density at radius 3 is 2.69 bits per heavy atom. The van der Waals surface area contributed by atoms with E-state index in [9.17, 15) is 4.79 Å². The highest BCUT2D eigenvalue weighted by molar-refractivity contribution is 6.04. The van der Waals surface area contributed by atoms with Crippen LogP contribution in [0.2, 0.25) is 0 Å². The Morgan fingerprint density at radius 1 is 1.19 bits per heavy atom. The third kappa shape index (κ3) is 1.54. The maximum atomic E-state index is 11.5. The van der Waals surface area contributed by atoms with Gasteiger partial charge in [0.15, 0.2) is 5.78 Å². The van der Waals surface area contributed by atoms with Crippen LogP contribution in [0.1, 0.15) is 41.8 Å². The molecule has 0 fully saturated rings. The molecule has 2 nitrogen and oxygen atoms in total. The molecule has 16 heavy (non-hydrogen) atoms. The number of H-pyrrole nitrogens is 1. The van der Waals surface area contributed by atoms with Gasteiger partial charge in [-0.05, 0) is 36.6 Å². The minimum absolute atomic E-state index is 0.294. The lowest BCUT2D eigenvalue weighted by molar-refractivity contribution is 0.0994. The summed E-state index contributed by atoms with van der Waals surface area (Å²) in [6.45, 7) is 6.06. The van der Waals surface area contributed by atoms with Crippen molar-refractivity contribution >= 4 is 16.7 Å². The van der Waals surface area contributed by atoms with Crippen molar-refractivity contribution in [3.63, 3.8) is 0 Å². The molecule has 0 radical (unpaired) electrons. The van der Waals surface area contributed by atoms with Gasteiger partial charge in [0.2, 0.25) is 0 Å². The highest BCUT2D eigenvalue weighted by Gasteiger charge is 2.20. The summed E-state index contributed by atoms with van der Waals surface area (Å²) in [5.74, 6) is 0.294. The Bertz CT molecular complexity index is 537. The van der Waals surface area contributed by atoms with Crippen molar-refractivity contribution in [2.45, 2.75) is 33.6 Å². The van der Waals surface area contributed by atoms with Crippen LogP contribution in [-0.4, -0.2) is 10.8 Å². The Morgan fingerprint density at radius 2 is 1.94 bits per heavy atom. The molecule has 0 spiro atoms. The summed E-state index contributed by atoms with van der Waals surface area (Å²) in [5, 5.41) is 1.18. The van der Waals surface area contributed by atoms with Gasteiger partial charge < -0.3 is 4.98 Å². The molecule has 0 atom stereocenters. The van der Waals surface area contributed by atoms with E-state index in [1.807, 2.05) is 26.1 Å². The molecule has 1 aromatic heterocycles. The molecule has 0 bridgehead atoms. The second-order valence-corrected chi connectivity index (χ2v) is 3.95. The smallest absolute Gasteiger partial charge is 0.163 e. The van der Waals surface area contributed by atoms with Gasteiger partial charge in [-0.15, -0.1) is 0 Å². The standard InChI is InChI=1S/C12H11NO.C2H6/c1-7-6-13-11-4-8-2-3-12(14)10(8)5-9(7)11;1-2/h4-6,13H,2-3H2,1H3;1-2H3. The lowest BCUT2D eigenvalue weighted by Crippen LogP contribution is -1.90. The van der Waals surface area contributed by atoms with Gasteiger partial charge in [-0.2, -0.15) is 0 Å². The third-order valence-corrected chi connectivity index (χ3v) is 3.03. The fourth-order valence-electron chi connectivity index (χ4n) is 2.20. The molecule has 0 unspecified atom stereocenters. The molecule has 1 heterocycles. The van der Waals surface area contributed by atoms with Crippen LogP contribution in [0.15, 0.2) is 18.3 Å². The largest absolute Gasteiger partial charge is 0.361 e. The quantitative estimate of drug-likeness (QED) is 0.715. The van der Waals surface area contributed by atoms with Crippen molar-refractivity contribution in [1.82, 2.24) is 4.98 Å². The predicted octanol–water partition coefficient (Wildman–Crippen LogP) is 3.63. The zero-order valence-corrected chi connectivity index (χ0v) is 10.1. The van der Waals surface area contributed by atoms with E-state index >= 15 is 0 Å². The summed E-state index contributed by atoms with van der Waals surface area (Å²) >= 11 is 0. The molecular formula is C14H17NO. The number of carbonyl (C=O) groups is 1. The van der Waals surface area contributed by atoms with Crippen LogP contribution in [0.4, 0.5) is 0 Å². The van der Waals surface area contributed by atoms with Gasteiger partial charge in [0.1, 0.15) is 0 Å². The van der Waals surface area contributed by atoms with Crippen LogP contribution in [0.3, 0.4) is 0 Å². The average Bonchev–Trinajstić information content (AvgIpc) is 2.86. The first-order valence-corrected chi connectivity index (χ1v) is 5.89. The highest BCUT2D eigenvalue weighted by atomic mass is 16.1. The van der Waals surface area contributed by atoms with E-state index in [-0.39, 0.29) is 0 Å². The van der Waals surface area contributed by atoms with Gasteiger partial charge in [-0.25, -0.2) is 0 Å². The number of Topliss-reactive ketones (excluding diaryl/α,β-unsaturated/α-hetero) is 1. The number of rotatable bonds is 0. The van der Waals surface area contributed by atoms with Gasteiger partial charge in [-0.3, -0.25) is 4.79 Å². The van der Waals surface area contributed by atoms with Crippen molar-refractivity contribution in [2.24, 2.45) is 0 Å². The Balaban J connectivity index is 0.000000457. The summed E-state index contributed by atoms with van der Waals surface area (Å²) in [6, 6.07) is 4.15. The monoisotopic (exact) mass is 215 g/mol. The van der Waals surface area contributed by atoms with Gasteiger partial charge in [0, 0.05) is 29.1 Å². The van der Waals surface area contributed by atoms with Gasteiger partial charge in [-0.1, -0.05) is 13.8 Å². The van der Waals surface area contributed by atoms with E-state index < -0.39 is 0 Å². The van der Waals surface area contributed by atoms with E-state index in [0.29, 0.717) is 12.2 Å². The SMILES string of the molecule is CC.Cc1c[nH]c2cc3c(cc12)C(=O)CC3. The Labute approximate surface area is 95.7 Å². The maximum absolute atomic E-state index is 11.5. The molecule has 1 N–H and O–H groups in total. The first kappa shape index (κ1) is 10.9. The fourth-order valence-corrected chi connectivity index (χ4v) is 2.20. The van der Waals surface area contributed by atoms with E-state index in [2.05, 4.69) is 18.0 Å². The minimum atomic E-state index is 0.294. The number of ketones is 1. The van der Waals surface area contributed by atoms with Crippen molar-refractivity contribution in [3.05, 3.63) is 35.0 Å². The topological polar surface area (TPSA) is 32.9 Å². The van der Waals surface area contributed by atoms with Crippen molar-refractivity contribution in [2.75, 3.05) is 0 Å². The first-order chi connectivity index (χ1) is 7.75. The number of nitrogens with one attached hydrogen (secondary N) is 1. The summed E-state index contributed by atoms with van der Waals surface area (Å²) in [6.07, 6.45) is 3.58. The molecule has 1 aliphatic rings. The Kier molecular flexibility index (Phi) is 2.82. The normalized spacial score (nSPS) is 13.6. The van der Waals surface area contributed by atoms with E-state index in [1.54, 1.807) is 0 Å². The number of aryl methyl sites for hydroxylation is 2. The number of aromatic amines is 1. The number of hydrogen-bond acceptors (Lipinski definition) is 1. The third-order valence-electron chi connectivity index (χ3n) is 3.03. The number of carbonyl (C=O) groups excluding carboxylic acids is 1. The number of aromatic nitrogens is 1. The predicted molar refractivity (Wildman–Crippen MR) is 67.0 cm³/mol. The van der Waals surface area contributed by atoms with Crippen molar-refractivity contribution in [1.29, 1.82) is 0 Å². The van der Waals surface area contributed by atoms with Gasteiger partial charge in [0.05, 0.1) is 0 Å². The molecule has 0 saturated carbocycles. The molecule has 2 heteroatoms. The molecular weight excluding hydrogens is 198 g/mol. The van der Waals surface area contributed by atoms with Crippen LogP contribution < -0.4 is 0 Å². The highest BCUT2D eigenvalue weighted by Crippen LogP contribution is 2.28. The maximum Gasteiger partial charge on any atom is 0.163 e. The average molecular weight is 215 g/mol. The second-order valence-electron chi connectivity index (χ2n) is 3.95. The Hall–Kier alpha value is -1.57. The number of fused-ring (bicyclic) bond motifs is 2. The number of hydrogen-bond donors (Lipinski definition) is 1. The lowest BCUT2D eigenvalue weighted by Gasteiger charge is -1.98. The first-order valence-electron chi connectivity index (χ1n) is 5.89.